The first-order valence-corrected chi connectivity index (χ1v) is 5.74. The average molecular weight is 275 g/mol. The second-order valence-electron chi connectivity index (χ2n) is 3.52. The van der Waals surface area contributed by atoms with E-state index in [4.69, 9.17) is 9.47 Å². The molecule has 1 fully saturated rings. The van der Waals surface area contributed by atoms with Crippen molar-refractivity contribution < 1.29 is 13.9 Å². The molecule has 4 heteroatoms. The van der Waals surface area contributed by atoms with Crippen LogP contribution in [0.15, 0.2) is 22.7 Å². The van der Waals surface area contributed by atoms with E-state index in [1.165, 1.54) is 12.1 Å². The Labute approximate surface area is 96.5 Å². The topological polar surface area (TPSA) is 18.5 Å². The Morgan fingerprint density at radius 3 is 3.13 bits per heavy atom. The predicted octanol–water partition coefficient (Wildman–Crippen LogP) is 3.15. The number of hydrogen-bond donors (Lipinski definition) is 0. The maximum Gasteiger partial charge on any atom is 0.136 e. The molecule has 1 aromatic rings. The Morgan fingerprint density at radius 2 is 2.40 bits per heavy atom. The lowest BCUT2D eigenvalue weighted by molar-refractivity contribution is 0.0676. The minimum absolute atomic E-state index is 0.153. The fourth-order valence-corrected chi connectivity index (χ4v) is 1.91. The van der Waals surface area contributed by atoms with Crippen LogP contribution in [0.2, 0.25) is 0 Å². The van der Waals surface area contributed by atoms with Crippen LogP contribution in [-0.4, -0.2) is 19.3 Å². The highest BCUT2D eigenvalue weighted by Gasteiger charge is 2.16. The summed E-state index contributed by atoms with van der Waals surface area (Å²) in [5.74, 6) is 0.242. The molecule has 1 heterocycles. The molecular weight excluding hydrogens is 263 g/mol. The van der Waals surface area contributed by atoms with E-state index in [2.05, 4.69) is 15.9 Å². The summed E-state index contributed by atoms with van der Waals surface area (Å²) in [5.41, 5.74) is 0. The third-order valence-electron chi connectivity index (χ3n) is 2.34. The van der Waals surface area contributed by atoms with Crippen molar-refractivity contribution in [2.75, 3.05) is 13.2 Å². The number of benzene rings is 1. The van der Waals surface area contributed by atoms with Crippen LogP contribution in [-0.2, 0) is 4.74 Å². The minimum Gasteiger partial charge on any atom is -0.490 e. The summed E-state index contributed by atoms with van der Waals surface area (Å²) in [6, 6.07) is 4.40. The Bertz CT molecular complexity index is 337. The fourth-order valence-electron chi connectivity index (χ4n) is 1.55. The standard InChI is InChI=1S/C11H12BrFO2/c12-10-4-3-8(13)6-11(10)15-7-9-2-1-5-14-9/h3-4,6,9H,1-2,5,7H2. The van der Waals surface area contributed by atoms with Crippen LogP contribution in [0, 0.1) is 5.82 Å². The van der Waals surface area contributed by atoms with Crippen molar-refractivity contribution in [2.24, 2.45) is 0 Å². The molecule has 0 saturated carbocycles. The van der Waals surface area contributed by atoms with Crippen LogP contribution in [0.25, 0.3) is 0 Å². The maximum absolute atomic E-state index is 12.9. The van der Waals surface area contributed by atoms with E-state index in [1.54, 1.807) is 6.07 Å². The first kappa shape index (κ1) is 10.9. The highest BCUT2D eigenvalue weighted by atomic mass is 79.9. The van der Waals surface area contributed by atoms with Crippen LogP contribution in [0.1, 0.15) is 12.8 Å². The number of hydrogen-bond acceptors (Lipinski definition) is 2. The zero-order valence-corrected chi connectivity index (χ0v) is 9.80. The molecule has 1 aliphatic heterocycles. The molecule has 0 aromatic heterocycles. The Hall–Kier alpha value is -0.610. The molecule has 1 aromatic carbocycles. The quantitative estimate of drug-likeness (QED) is 0.843. The van der Waals surface area contributed by atoms with E-state index in [1.807, 2.05) is 0 Å². The Balaban J connectivity index is 1.94. The van der Waals surface area contributed by atoms with Gasteiger partial charge < -0.3 is 9.47 Å². The van der Waals surface area contributed by atoms with Crippen molar-refractivity contribution in [1.29, 1.82) is 0 Å². The fraction of sp³-hybridized carbons (Fsp3) is 0.455. The average Bonchev–Trinajstić information content (AvgIpc) is 2.72. The molecule has 1 atom stereocenters. The highest BCUT2D eigenvalue weighted by Crippen LogP contribution is 2.26. The molecule has 0 spiro atoms. The molecule has 0 amide bonds. The van der Waals surface area contributed by atoms with Gasteiger partial charge in [-0.3, -0.25) is 0 Å². The first-order valence-electron chi connectivity index (χ1n) is 4.95. The summed E-state index contributed by atoms with van der Waals surface area (Å²) >= 11 is 3.31. The van der Waals surface area contributed by atoms with Crippen molar-refractivity contribution >= 4 is 15.9 Å². The van der Waals surface area contributed by atoms with Gasteiger partial charge in [0.2, 0.25) is 0 Å². The van der Waals surface area contributed by atoms with Gasteiger partial charge in [0.15, 0.2) is 0 Å². The lowest BCUT2D eigenvalue weighted by atomic mass is 10.2. The lowest BCUT2D eigenvalue weighted by Crippen LogP contribution is -2.16. The second-order valence-corrected chi connectivity index (χ2v) is 4.38. The summed E-state index contributed by atoms with van der Waals surface area (Å²) < 4.78 is 24.6. The summed E-state index contributed by atoms with van der Waals surface area (Å²) in [4.78, 5) is 0. The first-order chi connectivity index (χ1) is 7.25. The van der Waals surface area contributed by atoms with Gasteiger partial charge in [-0.05, 0) is 40.9 Å². The third kappa shape index (κ3) is 2.92. The second kappa shape index (κ2) is 4.94. The molecule has 1 saturated heterocycles. The summed E-state index contributed by atoms with van der Waals surface area (Å²) in [6.07, 6.45) is 2.26. The Kier molecular flexibility index (Phi) is 3.59. The van der Waals surface area contributed by atoms with Crippen LogP contribution in [0.4, 0.5) is 4.39 Å². The molecule has 15 heavy (non-hydrogen) atoms. The number of ether oxygens (including phenoxy) is 2. The van der Waals surface area contributed by atoms with Crippen LogP contribution >= 0.6 is 15.9 Å². The van der Waals surface area contributed by atoms with Crippen molar-refractivity contribution in [3.05, 3.63) is 28.5 Å². The molecular formula is C11H12BrFO2. The van der Waals surface area contributed by atoms with Gasteiger partial charge in [-0.15, -0.1) is 0 Å². The van der Waals surface area contributed by atoms with E-state index >= 15 is 0 Å². The van der Waals surface area contributed by atoms with E-state index < -0.39 is 0 Å². The van der Waals surface area contributed by atoms with Gasteiger partial charge in [0.1, 0.15) is 18.2 Å². The lowest BCUT2D eigenvalue weighted by Gasteiger charge is -2.12. The van der Waals surface area contributed by atoms with Gasteiger partial charge in [-0.2, -0.15) is 0 Å². The van der Waals surface area contributed by atoms with E-state index in [-0.39, 0.29) is 11.9 Å². The van der Waals surface area contributed by atoms with Crippen LogP contribution < -0.4 is 4.74 Å². The Morgan fingerprint density at radius 1 is 1.53 bits per heavy atom. The minimum atomic E-state index is -0.291. The molecule has 2 nitrogen and oxygen atoms in total. The maximum atomic E-state index is 12.9. The molecule has 0 N–H and O–H groups in total. The van der Waals surface area contributed by atoms with Crippen molar-refractivity contribution in [3.63, 3.8) is 0 Å². The van der Waals surface area contributed by atoms with Crippen molar-refractivity contribution in [3.8, 4) is 5.75 Å². The van der Waals surface area contributed by atoms with E-state index in [0.717, 1.165) is 23.9 Å². The van der Waals surface area contributed by atoms with Crippen molar-refractivity contribution in [2.45, 2.75) is 18.9 Å². The largest absolute Gasteiger partial charge is 0.490 e. The van der Waals surface area contributed by atoms with Gasteiger partial charge in [0, 0.05) is 12.7 Å². The molecule has 0 radical (unpaired) electrons. The summed E-state index contributed by atoms with van der Waals surface area (Å²) in [6.45, 7) is 1.29. The highest BCUT2D eigenvalue weighted by molar-refractivity contribution is 9.10. The third-order valence-corrected chi connectivity index (χ3v) is 3.00. The van der Waals surface area contributed by atoms with Crippen LogP contribution in [0.5, 0.6) is 5.75 Å². The van der Waals surface area contributed by atoms with Gasteiger partial charge in [-0.25, -0.2) is 4.39 Å². The molecule has 0 aliphatic carbocycles. The van der Waals surface area contributed by atoms with Gasteiger partial charge in [-0.1, -0.05) is 0 Å². The number of halogens is 2. The zero-order valence-electron chi connectivity index (χ0n) is 8.21. The molecule has 1 aliphatic rings. The van der Waals surface area contributed by atoms with Gasteiger partial charge >= 0.3 is 0 Å². The summed E-state index contributed by atoms with van der Waals surface area (Å²) in [5, 5.41) is 0. The zero-order chi connectivity index (χ0) is 10.7. The SMILES string of the molecule is Fc1ccc(Br)c(OCC2CCCO2)c1. The normalized spacial score (nSPS) is 20.5. The smallest absolute Gasteiger partial charge is 0.136 e. The van der Waals surface area contributed by atoms with E-state index in [9.17, 15) is 4.39 Å². The molecule has 2 rings (SSSR count). The summed E-state index contributed by atoms with van der Waals surface area (Å²) in [7, 11) is 0. The molecule has 82 valence electrons. The van der Waals surface area contributed by atoms with Gasteiger partial charge in [0.25, 0.3) is 0 Å². The number of rotatable bonds is 3. The monoisotopic (exact) mass is 274 g/mol. The molecule has 0 bridgehead atoms. The molecule has 1 unspecified atom stereocenters. The van der Waals surface area contributed by atoms with Crippen LogP contribution in [0.3, 0.4) is 0 Å². The van der Waals surface area contributed by atoms with Crippen molar-refractivity contribution in [1.82, 2.24) is 0 Å². The predicted molar refractivity (Wildman–Crippen MR) is 58.6 cm³/mol. The van der Waals surface area contributed by atoms with E-state index in [0.29, 0.717) is 12.4 Å². The van der Waals surface area contributed by atoms with Gasteiger partial charge in [0.05, 0.1) is 10.6 Å².